The van der Waals surface area contributed by atoms with Crippen LogP contribution in [0.1, 0.15) is 26.7 Å². The van der Waals surface area contributed by atoms with Gasteiger partial charge in [0.25, 0.3) is 0 Å². The van der Waals surface area contributed by atoms with Crippen LogP contribution in [0.25, 0.3) is 0 Å². The number of thiol groups is 1. The predicted molar refractivity (Wildman–Crippen MR) is 54.4 cm³/mol. The van der Waals surface area contributed by atoms with Crippen LogP contribution < -0.4 is 0 Å². The summed E-state index contributed by atoms with van der Waals surface area (Å²) in [5.41, 5.74) is 0. The molecule has 12 heavy (non-hydrogen) atoms. The highest BCUT2D eigenvalue weighted by Crippen LogP contribution is 2.39. The molecule has 0 aromatic rings. The summed E-state index contributed by atoms with van der Waals surface area (Å²) in [7, 11) is -2.83. The van der Waals surface area contributed by atoms with Gasteiger partial charge in [-0.2, -0.15) is 12.6 Å². The van der Waals surface area contributed by atoms with Crippen LogP contribution >= 0.6 is 12.6 Å². The van der Waals surface area contributed by atoms with E-state index in [1.54, 1.807) is 0 Å². The molecule has 1 atom stereocenters. The van der Waals surface area contributed by atoms with E-state index < -0.39 is 14.6 Å². The van der Waals surface area contributed by atoms with Crippen molar-refractivity contribution >= 4 is 22.5 Å². The third-order valence-corrected chi connectivity index (χ3v) is 5.97. The summed E-state index contributed by atoms with van der Waals surface area (Å²) in [6.07, 6.45) is 1.73. The maximum Gasteiger partial charge on any atom is 0.155 e. The number of hydrogen-bond donors (Lipinski definition) is 1. The van der Waals surface area contributed by atoms with Crippen LogP contribution in [0.15, 0.2) is 0 Å². The van der Waals surface area contributed by atoms with Crippen molar-refractivity contribution in [3.05, 3.63) is 0 Å². The fourth-order valence-corrected chi connectivity index (χ4v) is 3.99. The summed E-state index contributed by atoms with van der Waals surface area (Å²) in [6, 6.07) is 0. The molecule has 0 bridgehead atoms. The molecule has 4 heteroatoms. The van der Waals surface area contributed by atoms with Gasteiger partial charge in [0.05, 0.1) is 10.5 Å². The van der Waals surface area contributed by atoms with Crippen LogP contribution in [-0.2, 0) is 9.84 Å². The molecular weight excluding hydrogens is 192 g/mol. The molecule has 1 saturated heterocycles. The van der Waals surface area contributed by atoms with E-state index >= 15 is 0 Å². The Morgan fingerprint density at radius 3 is 2.42 bits per heavy atom. The Morgan fingerprint density at radius 1 is 1.50 bits per heavy atom. The number of sulfone groups is 1. The van der Waals surface area contributed by atoms with Gasteiger partial charge >= 0.3 is 0 Å². The molecule has 0 aliphatic carbocycles. The lowest BCUT2D eigenvalue weighted by molar-refractivity contribution is 0.412. The maximum absolute atomic E-state index is 11.5. The van der Waals surface area contributed by atoms with E-state index in [9.17, 15) is 8.42 Å². The minimum atomic E-state index is -2.83. The van der Waals surface area contributed by atoms with Crippen LogP contribution in [0.3, 0.4) is 0 Å². The van der Waals surface area contributed by atoms with Crippen LogP contribution in [0.5, 0.6) is 0 Å². The van der Waals surface area contributed by atoms with Gasteiger partial charge < -0.3 is 0 Å². The third kappa shape index (κ3) is 1.51. The molecular formula is C8H16O2S2. The van der Waals surface area contributed by atoms with Crippen LogP contribution in [0.4, 0.5) is 0 Å². The summed E-state index contributed by atoms with van der Waals surface area (Å²) in [4.78, 5) is 0. The summed E-state index contributed by atoms with van der Waals surface area (Å²) >= 11 is 4.14. The van der Waals surface area contributed by atoms with Crippen molar-refractivity contribution < 1.29 is 8.42 Å². The van der Waals surface area contributed by atoms with Crippen molar-refractivity contribution in [2.24, 2.45) is 5.92 Å². The molecule has 0 aromatic heterocycles. The summed E-state index contributed by atoms with van der Waals surface area (Å²) in [5, 5.41) is 0. The molecule has 1 aliphatic heterocycles. The second kappa shape index (κ2) is 3.22. The van der Waals surface area contributed by atoms with E-state index in [4.69, 9.17) is 0 Å². The minimum Gasteiger partial charge on any atom is -0.228 e. The van der Waals surface area contributed by atoms with Gasteiger partial charge in [-0.05, 0) is 38.4 Å². The molecule has 0 aromatic carbocycles. The van der Waals surface area contributed by atoms with Gasteiger partial charge in [0, 0.05) is 0 Å². The Kier molecular flexibility index (Phi) is 2.78. The molecule has 0 spiro atoms. The van der Waals surface area contributed by atoms with Gasteiger partial charge in [-0.25, -0.2) is 8.42 Å². The third-order valence-electron chi connectivity index (χ3n) is 3.00. The molecule has 1 heterocycles. The highest BCUT2D eigenvalue weighted by Gasteiger charge is 2.46. The highest BCUT2D eigenvalue weighted by molar-refractivity contribution is 7.93. The molecule has 1 unspecified atom stereocenters. The first-order valence-electron chi connectivity index (χ1n) is 4.25. The van der Waals surface area contributed by atoms with E-state index in [-0.39, 0.29) is 0 Å². The molecule has 0 saturated carbocycles. The first-order chi connectivity index (χ1) is 5.42. The van der Waals surface area contributed by atoms with Crippen LogP contribution in [0.2, 0.25) is 0 Å². The second-order valence-corrected chi connectivity index (χ2v) is 7.06. The average Bonchev–Trinajstić information content (AvgIpc) is 2.13. The predicted octanol–water partition coefficient (Wildman–Crippen LogP) is 1.52. The van der Waals surface area contributed by atoms with Crippen LogP contribution in [0, 0.1) is 5.92 Å². The van der Waals surface area contributed by atoms with Gasteiger partial charge in [-0.1, -0.05) is 0 Å². The molecule has 72 valence electrons. The standard InChI is InChI=1S/C8H16O2S2/c1-8(2)7(3-5-11)4-6-12(8,9)10/h7,11H,3-6H2,1-2H3. The van der Waals surface area contributed by atoms with Crippen molar-refractivity contribution in [1.29, 1.82) is 0 Å². The Labute approximate surface area is 80.1 Å². The largest absolute Gasteiger partial charge is 0.228 e. The molecule has 2 nitrogen and oxygen atoms in total. The molecule has 1 rings (SSSR count). The van der Waals surface area contributed by atoms with Crippen molar-refractivity contribution in [1.82, 2.24) is 0 Å². The van der Waals surface area contributed by atoms with Gasteiger partial charge in [0.15, 0.2) is 9.84 Å². The second-order valence-electron chi connectivity index (χ2n) is 3.92. The monoisotopic (exact) mass is 208 g/mol. The minimum absolute atomic E-state index is 0.306. The lowest BCUT2D eigenvalue weighted by atomic mass is 9.90. The normalized spacial score (nSPS) is 32.1. The molecule has 0 radical (unpaired) electrons. The lowest BCUT2D eigenvalue weighted by Gasteiger charge is -2.24. The van der Waals surface area contributed by atoms with Gasteiger partial charge in [-0.3, -0.25) is 0 Å². The smallest absolute Gasteiger partial charge is 0.155 e. The zero-order valence-electron chi connectivity index (χ0n) is 7.58. The lowest BCUT2D eigenvalue weighted by Crippen LogP contribution is -2.33. The fraction of sp³-hybridized carbons (Fsp3) is 1.00. The quantitative estimate of drug-likeness (QED) is 0.698. The Bertz CT molecular complexity index is 254. The topological polar surface area (TPSA) is 34.1 Å². The zero-order valence-corrected chi connectivity index (χ0v) is 9.29. The van der Waals surface area contributed by atoms with Gasteiger partial charge in [0.1, 0.15) is 0 Å². The van der Waals surface area contributed by atoms with Crippen molar-refractivity contribution in [2.75, 3.05) is 11.5 Å². The van der Waals surface area contributed by atoms with E-state index in [1.165, 1.54) is 0 Å². The Morgan fingerprint density at radius 2 is 2.08 bits per heavy atom. The fourth-order valence-electron chi connectivity index (χ4n) is 1.81. The Hall–Kier alpha value is 0.300. The zero-order chi connectivity index (χ0) is 9.41. The van der Waals surface area contributed by atoms with E-state index in [1.807, 2.05) is 13.8 Å². The first-order valence-corrected chi connectivity index (χ1v) is 6.53. The number of hydrogen-bond acceptors (Lipinski definition) is 3. The summed E-state index contributed by atoms with van der Waals surface area (Å²) in [5.74, 6) is 1.45. The molecule has 0 amide bonds. The highest BCUT2D eigenvalue weighted by atomic mass is 32.2. The maximum atomic E-state index is 11.5. The van der Waals surface area contributed by atoms with Crippen molar-refractivity contribution in [2.45, 2.75) is 31.4 Å². The van der Waals surface area contributed by atoms with E-state index in [0.29, 0.717) is 11.7 Å². The number of rotatable bonds is 2. The molecule has 1 aliphatic rings. The van der Waals surface area contributed by atoms with Gasteiger partial charge in [0.2, 0.25) is 0 Å². The molecule has 0 N–H and O–H groups in total. The molecule has 1 fully saturated rings. The van der Waals surface area contributed by atoms with Crippen molar-refractivity contribution in [3.8, 4) is 0 Å². The van der Waals surface area contributed by atoms with Gasteiger partial charge in [-0.15, -0.1) is 0 Å². The summed E-state index contributed by atoms with van der Waals surface area (Å²) < 4.78 is 22.6. The Balaban J connectivity index is 2.86. The van der Waals surface area contributed by atoms with E-state index in [0.717, 1.165) is 18.6 Å². The summed E-state index contributed by atoms with van der Waals surface area (Å²) in [6.45, 7) is 3.67. The van der Waals surface area contributed by atoms with Crippen LogP contribution in [-0.4, -0.2) is 24.7 Å². The van der Waals surface area contributed by atoms with Crippen molar-refractivity contribution in [3.63, 3.8) is 0 Å². The first kappa shape index (κ1) is 10.4. The SMILES string of the molecule is CC1(C)C(CCS)CCS1(=O)=O. The van der Waals surface area contributed by atoms with E-state index in [2.05, 4.69) is 12.6 Å². The average molecular weight is 208 g/mol.